The lowest BCUT2D eigenvalue weighted by Gasteiger charge is -2.13. The van der Waals surface area contributed by atoms with Crippen LogP contribution in [0.15, 0.2) is 0 Å². The highest BCUT2D eigenvalue weighted by molar-refractivity contribution is 6.76. The molecule has 0 amide bonds. The molecule has 0 aromatic rings. The molecule has 0 aliphatic rings. The summed E-state index contributed by atoms with van der Waals surface area (Å²) in [5.74, 6) is 2.65. The standard InChI is InChI=1S/C8H16OSi/c1-10(2,3)8-6-4-5-7-9/h9H,4,6,8H2,1-3H3. The minimum absolute atomic E-state index is 0.848. The van der Waals surface area contributed by atoms with Crippen molar-refractivity contribution in [2.24, 2.45) is 0 Å². The molecule has 58 valence electrons. The summed E-state index contributed by atoms with van der Waals surface area (Å²) in [6, 6.07) is 1.31. The van der Waals surface area contributed by atoms with Crippen molar-refractivity contribution in [2.75, 3.05) is 0 Å². The highest BCUT2D eigenvalue weighted by Crippen LogP contribution is 2.11. The van der Waals surface area contributed by atoms with E-state index in [9.17, 15) is 0 Å². The summed E-state index contributed by atoms with van der Waals surface area (Å²) >= 11 is 0. The normalized spacial score (nSPS) is 10.3. The van der Waals surface area contributed by atoms with Gasteiger partial charge in [0, 0.05) is 14.5 Å². The van der Waals surface area contributed by atoms with Gasteiger partial charge in [0.25, 0.3) is 0 Å². The molecule has 0 atom stereocenters. The lowest BCUT2D eigenvalue weighted by molar-refractivity contribution is 0.516. The summed E-state index contributed by atoms with van der Waals surface area (Å²) in [7, 11) is -0.857. The summed E-state index contributed by atoms with van der Waals surface area (Å²) in [5.41, 5.74) is 0. The molecule has 0 rings (SSSR count). The third-order valence-electron chi connectivity index (χ3n) is 1.31. The Morgan fingerprint density at radius 2 is 1.90 bits per heavy atom. The highest BCUT2D eigenvalue weighted by Gasteiger charge is 2.10. The molecule has 0 spiro atoms. The van der Waals surface area contributed by atoms with E-state index in [0.717, 1.165) is 12.8 Å². The van der Waals surface area contributed by atoms with Crippen LogP contribution in [-0.4, -0.2) is 13.2 Å². The van der Waals surface area contributed by atoms with Crippen molar-refractivity contribution in [2.45, 2.75) is 38.5 Å². The van der Waals surface area contributed by atoms with Crippen LogP contribution in [0.25, 0.3) is 0 Å². The third-order valence-corrected chi connectivity index (χ3v) is 3.16. The van der Waals surface area contributed by atoms with Crippen LogP contribution in [0.4, 0.5) is 0 Å². The average molecular weight is 156 g/mol. The van der Waals surface area contributed by atoms with Crippen molar-refractivity contribution in [3.63, 3.8) is 0 Å². The average Bonchev–Trinajstić information content (AvgIpc) is 1.78. The second-order valence-corrected chi connectivity index (χ2v) is 9.32. The van der Waals surface area contributed by atoms with E-state index < -0.39 is 8.07 Å². The Labute approximate surface area is 64.5 Å². The van der Waals surface area contributed by atoms with Gasteiger partial charge in [0.2, 0.25) is 0 Å². The number of hydrogen-bond donors (Lipinski definition) is 1. The van der Waals surface area contributed by atoms with Crippen LogP contribution in [0, 0.1) is 12.0 Å². The van der Waals surface area contributed by atoms with Crippen LogP contribution in [-0.2, 0) is 0 Å². The summed E-state index contributed by atoms with van der Waals surface area (Å²) in [5, 5.41) is 8.15. The van der Waals surface area contributed by atoms with E-state index in [4.69, 9.17) is 5.11 Å². The van der Waals surface area contributed by atoms with E-state index in [0.29, 0.717) is 0 Å². The van der Waals surface area contributed by atoms with Crippen LogP contribution < -0.4 is 0 Å². The van der Waals surface area contributed by atoms with Crippen LogP contribution >= 0.6 is 0 Å². The fraction of sp³-hybridized carbons (Fsp3) is 0.750. The molecule has 0 radical (unpaired) electrons. The van der Waals surface area contributed by atoms with Crippen LogP contribution in [0.5, 0.6) is 0 Å². The first-order valence-electron chi connectivity index (χ1n) is 3.68. The molecule has 0 aliphatic heterocycles. The fourth-order valence-corrected chi connectivity index (χ4v) is 2.00. The smallest absolute Gasteiger partial charge is 0.107 e. The van der Waals surface area contributed by atoms with E-state index >= 15 is 0 Å². The summed E-state index contributed by atoms with van der Waals surface area (Å²) in [6.45, 7) is 7.04. The molecule has 1 N–H and O–H groups in total. The quantitative estimate of drug-likeness (QED) is 0.378. The second-order valence-electron chi connectivity index (χ2n) is 3.70. The van der Waals surface area contributed by atoms with Crippen molar-refractivity contribution < 1.29 is 5.11 Å². The maximum absolute atomic E-state index is 8.15. The summed E-state index contributed by atoms with van der Waals surface area (Å²) in [4.78, 5) is 0. The number of unbranched alkanes of at least 4 members (excludes halogenated alkanes) is 1. The number of hydrogen-bond acceptors (Lipinski definition) is 1. The van der Waals surface area contributed by atoms with Gasteiger partial charge in [0.1, 0.15) is 6.11 Å². The Balaban J connectivity index is 3.26. The molecule has 1 nitrogen and oxygen atoms in total. The van der Waals surface area contributed by atoms with Crippen LogP contribution in [0.3, 0.4) is 0 Å². The van der Waals surface area contributed by atoms with Crippen molar-refractivity contribution in [1.29, 1.82) is 0 Å². The van der Waals surface area contributed by atoms with Gasteiger partial charge in [-0.05, 0) is 6.42 Å². The minimum Gasteiger partial charge on any atom is -0.462 e. The Hall–Kier alpha value is -0.423. The van der Waals surface area contributed by atoms with Gasteiger partial charge in [0.05, 0.1) is 0 Å². The van der Waals surface area contributed by atoms with E-state index in [1.807, 2.05) is 6.11 Å². The molecule has 0 saturated heterocycles. The Morgan fingerprint density at radius 3 is 2.30 bits per heavy atom. The van der Waals surface area contributed by atoms with Crippen LogP contribution in [0.2, 0.25) is 25.7 Å². The maximum Gasteiger partial charge on any atom is 0.107 e. The molecule has 0 unspecified atom stereocenters. The van der Waals surface area contributed by atoms with Gasteiger partial charge in [-0.2, -0.15) is 0 Å². The van der Waals surface area contributed by atoms with Gasteiger partial charge in [-0.15, -0.1) is 0 Å². The van der Waals surface area contributed by atoms with Gasteiger partial charge < -0.3 is 5.11 Å². The first-order chi connectivity index (χ1) is 4.56. The Bertz CT molecular complexity index is 136. The van der Waals surface area contributed by atoms with Gasteiger partial charge in [-0.1, -0.05) is 31.6 Å². The molecule has 0 heterocycles. The Kier molecular flexibility index (Phi) is 4.22. The molecular formula is C8H16OSi. The second kappa shape index (κ2) is 4.40. The van der Waals surface area contributed by atoms with Crippen molar-refractivity contribution >= 4 is 8.07 Å². The predicted molar refractivity (Wildman–Crippen MR) is 47.1 cm³/mol. The van der Waals surface area contributed by atoms with Gasteiger partial charge in [-0.25, -0.2) is 0 Å². The molecule has 0 aromatic heterocycles. The van der Waals surface area contributed by atoms with Crippen molar-refractivity contribution in [3.05, 3.63) is 0 Å². The lowest BCUT2D eigenvalue weighted by atomic mass is 10.4. The third kappa shape index (κ3) is 7.58. The molecule has 0 bridgehead atoms. The van der Waals surface area contributed by atoms with Crippen molar-refractivity contribution in [1.82, 2.24) is 0 Å². The monoisotopic (exact) mass is 156 g/mol. The van der Waals surface area contributed by atoms with Gasteiger partial charge in [-0.3, -0.25) is 0 Å². The summed E-state index contributed by atoms with van der Waals surface area (Å²) < 4.78 is 0. The highest BCUT2D eigenvalue weighted by atomic mass is 28.3. The van der Waals surface area contributed by atoms with E-state index in [-0.39, 0.29) is 0 Å². The van der Waals surface area contributed by atoms with E-state index in [2.05, 4.69) is 25.6 Å². The SMILES string of the molecule is C[Si](C)(C)CCCC#CO. The molecule has 0 aliphatic carbocycles. The largest absolute Gasteiger partial charge is 0.462 e. The Morgan fingerprint density at radius 1 is 1.30 bits per heavy atom. The van der Waals surface area contributed by atoms with Crippen molar-refractivity contribution in [3.8, 4) is 12.0 Å². The number of aliphatic hydroxyl groups is 1. The van der Waals surface area contributed by atoms with E-state index in [1.165, 1.54) is 6.04 Å². The predicted octanol–water partition coefficient (Wildman–Crippen LogP) is 2.44. The molecule has 0 saturated carbocycles. The first kappa shape index (κ1) is 9.58. The topological polar surface area (TPSA) is 20.2 Å². The van der Waals surface area contributed by atoms with Gasteiger partial charge in [0.15, 0.2) is 0 Å². The zero-order valence-electron chi connectivity index (χ0n) is 7.07. The van der Waals surface area contributed by atoms with E-state index in [1.54, 1.807) is 0 Å². The zero-order valence-corrected chi connectivity index (χ0v) is 8.07. The zero-order chi connectivity index (χ0) is 8.04. The molecular weight excluding hydrogens is 140 g/mol. The van der Waals surface area contributed by atoms with Gasteiger partial charge >= 0.3 is 0 Å². The molecule has 2 heteroatoms. The fourth-order valence-electron chi connectivity index (χ4n) is 0.763. The van der Waals surface area contributed by atoms with Crippen LogP contribution in [0.1, 0.15) is 12.8 Å². The first-order valence-corrected chi connectivity index (χ1v) is 7.39. The lowest BCUT2D eigenvalue weighted by Crippen LogP contribution is -2.18. The number of rotatable bonds is 3. The number of aliphatic hydroxyl groups excluding tert-OH is 1. The maximum atomic E-state index is 8.15. The summed E-state index contributed by atoms with van der Waals surface area (Å²) in [6.07, 6.45) is 3.91. The molecule has 0 aromatic carbocycles. The molecule has 10 heavy (non-hydrogen) atoms. The minimum atomic E-state index is -0.857. The molecule has 0 fully saturated rings.